The Morgan fingerprint density at radius 1 is 1.14 bits per heavy atom. The van der Waals surface area contributed by atoms with E-state index in [1.807, 2.05) is 27.7 Å². The molecule has 11 heteroatoms. The Kier molecular flexibility index (Phi) is 7.18. The van der Waals surface area contributed by atoms with E-state index in [-0.39, 0.29) is 22.1 Å². The predicted octanol–water partition coefficient (Wildman–Crippen LogP) is 4.18. The molecule has 3 aromatic rings. The lowest BCUT2D eigenvalue weighted by molar-refractivity contribution is 0.0206. The molecule has 0 radical (unpaired) electrons. The van der Waals surface area contributed by atoms with Crippen molar-refractivity contribution in [2.24, 2.45) is 0 Å². The fourth-order valence-corrected chi connectivity index (χ4v) is 5.59. The monoisotopic (exact) mass is 528 g/mol. The van der Waals surface area contributed by atoms with E-state index in [1.165, 1.54) is 19.5 Å². The van der Waals surface area contributed by atoms with Crippen LogP contribution in [-0.4, -0.2) is 66.2 Å². The van der Waals surface area contributed by atoms with Gasteiger partial charge in [-0.1, -0.05) is 17.7 Å². The van der Waals surface area contributed by atoms with Crippen molar-refractivity contribution < 1.29 is 27.5 Å². The van der Waals surface area contributed by atoms with Gasteiger partial charge in [-0.3, -0.25) is 0 Å². The Morgan fingerprint density at radius 3 is 2.49 bits per heavy atom. The number of hydrogen-bond donors (Lipinski definition) is 1. The molecule has 0 bridgehead atoms. The molecule has 1 amide bonds. The van der Waals surface area contributed by atoms with Gasteiger partial charge in [-0.15, -0.1) is 0 Å². The average Bonchev–Trinajstić information content (AvgIpc) is 3.29. The molecule has 2 aromatic heterocycles. The minimum Gasteiger partial charge on any atom is -0.465 e. The highest BCUT2D eigenvalue weighted by Gasteiger charge is 2.30. The van der Waals surface area contributed by atoms with Crippen molar-refractivity contribution in [2.75, 3.05) is 25.5 Å². The molecule has 1 aromatic carbocycles. The third-order valence-electron chi connectivity index (χ3n) is 6.09. The number of rotatable bonds is 5. The molecule has 4 rings (SSSR count). The third-order valence-corrected chi connectivity index (χ3v) is 7.77. The van der Waals surface area contributed by atoms with Crippen molar-refractivity contribution >= 4 is 38.8 Å². The summed E-state index contributed by atoms with van der Waals surface area (Å²) >= 11 is 0. The Hall–Kier alpha value is -3.60. The number of pyridine rings is 1. The number of nitrogens with zero attached hydrogens (tertiary/aromatic N) is 3. The summed E-state index contributed by atoms with van der Waals surface area (Å²) in [6.45, 7) is 8.25. The summed E-state index contributed by atoms with van der Waals surface area (Å²) in [4.78, 5) is 31.3. The highest BCUT2D eigenvalue weighted by atomic mass is 32.2. The van der Waals surface area contributed by atoms with Crippen LogP contribution in [0.4, 0.5) is 10.5 Å². The number of carbonyl (C=O) groups excluding carboxylic acids is 2. The number of anilines is 1. The van der Waals surface area contributed by atoms with Crippen molar-refractivity contribution in [3.05, 3.63) is 53.9 Å². The Morgan fingerprint density at radius 2 is 1.84 bits per heavy atom. The summed E-state index contributed by atoms with van der Waals surface area (Å²) in [5.41, 5.74) is 1.09. The zero-order chi connectivity index (χ0) is 27.0. The highest BCUT2D eigenvalue weighted by Crippen LogP contribution is 2.31. The van der Waals surface area contributed by atoms with Crippen LogP contribution in [0, 0.1) is 6.92 Å². The first-order chi connectivity index (χ1) is 17.4. The number of amides is 1. The van der Waals surface area contributed by atoms with Gasteiger partial charge in [0.25, 0.3) is 10.0 Å². The van der Waals surface area contributed by atoms with E-state index in [0.717, 1.165) is 22.4 Å². The van der Waals surface area contributed by atoms with Gasteiger partial charge in [0.15, 0.2) is 5.65 Å². The number of benzene rings is 1. The van der Waals surface area contributed by atoms with Crippen LogP contribution in [0.1, 0.15) is 49.5 Å². The number of likely N-dealkylation sites (tertiary alicyclic amines) is 1. The topological polar surface area (TPSA) is 120 Å². The summed E-state index contributed by atoms with van der Waals surface area (Å²) in [6.07, 6.45) is 3.81. The first kappa shape index (κ1) is 26.5. The molecule has 1 unspecified atom stereocenters. The molecule has 0 aliphatic carbocycles. The second-order valence-corrected chi connectivity index (χ2v) is 11.9. The Bertz CT molecular complexity index is 1420. The normalized spacial score (nSPS) is 16.5. The van der Waals surface area contributed by atoms with Crippen LogP contribution in [0.25, 0.3) is 11.0 Å². The van der Waals surface area contributed by atoms with Gasteiger partial charge >= 0.3 is 12.1 Å². The fraction of sp³-hybridized carbons (Fsp3) is 0.423. The van der Waals surface area contributed by atoms with Crippen LogP contribution in [-0.2, 0) is 19.5 Å². The van der Waals surface area contributed by atoms with E-state index in [4.69, 9.17) is 9.47 Å². The predicted molar refractivity (Wildman–Crippen MR) is 139 cm³/mol. The molecule has 1 N–H and O–H groups in total. The number of aromatic nitrogens is 2. The number of fused-ring (bicyclic) bond motifs is 1. The van der Waals surface area contributed by atoms with Crippen LogP contribution in [0.5, 0.6) is 0 Å². The zero-order valence-electron chi connectivity index (χ0n) is 21.6. The summed E-state index contributed by atoms with van der Waals surface area (Å²) in [6, 6.07) is 7.96. The smallest absolute Gasteiger partial charge is 0.410 e. The van der Waals surface area contributed by atoms with Crippen LogP contribution < -0.4 is 5.32 Å². The average molecular weight is 529 g/mol. The molecule has 198 valence electrons. The zero-order valence-corrected chi connectivity index (χ0v) is 22.5. The largest absolute Gasteiger partial charge is 0.465 e. The van der Waals surface area contributed by atoms with Crippen molar-refractivity contribution in [1.82, 2.24) is 13.9 Å². The lowest BCUT2D eigenvalue weighted by atomic mass is 10.0. The van der Waals surface area contributed by atoms with Crippen LogP contribution >= 0.6 is 0 Å². The maximum absolute atomic E-state index is 13.4. The molecule has 1 fully saturated rings. The van der Waals surface area contributed by atoms with Gasteiger partial charge in [0.2, 0.25) is 0 Å². The maximum Gasteiger partial charge on any atom is 0.410 e. The molecule has 1 aliphatic heterocycles. The number of aryl methyl sites for hydroxylation is 1. The van der Waals surface area contributed by atoms with Crippen molar-refractivity contribution in [1.29, 1.82) is 0 Å². The number of piperidine rings is 1. The second kappa shape index (κ2) is 10.0. The minimum atomic E-state index is -3.92. The molecule has 0 spiro atoms. The number of methoxy groups -OCH3 is 1. The van der Waals surface area contributed by atoms with Crippen LogP contribution in [0.3, 0.4) is 0 Å². The molecule has 0 saturated carbocycles. The van der Waals surface area contributed by atoms with Crippen LogP contribution in [0.15, 0.2) is 47.6 Å². The van der Waals surface area contributed by atoms with Gasteiger partial charge in [-0.25, -0.2) is 27.0 Å². The SMILES string of the molecule is COC(=O)c1cnc2c(ccn2S(=O)(=O)c2ccc(C)cc2)c1NC1CCCN(C(=O)OC(C)(C)C)C1. The van der Waals surface area contributed by atoms with Gasteiger partial charge in [0, 0.05) is 36.9 Å². The number of esters is 1. The van der Waals surface area contributed by atoms with E-state index in [2.05, 4.69) is 10.3 Å². The Labute approximate surface area is 216 Å². The minimum absolute atomic E-state index is 0.129. The molecule has 10 nitrogen and oxygen atoms in total. The van der Waals surface area contributed by atoms with E-state index in [0.29, 0.717) is 24.2 Å². The van der Waals surface area contributed by atoms with Gasteiger partial charge in [0.1, 0.15) is 11.2 Å². The summed E-state index contributed by atoms with van der Waals surface area (Å²) in [5, 5.41) is 3.82. The summed E-state index contributed by atoms with van der Waals surface area (Å²) < 4.78 is 38.3. The molecule has 1 saturated heterocycles. The fourth-order valence-electron chi connectivity index (χ4n) is 4.29. The molecule has 37 heavy (non-hydrogen) atoms. The molecule has 1 aliphatic rings. The lowest BCUT2D eigenvalue weighted by Gasteiger charge is -2.35. The summed E-state index contributed by atoms with van der Waals surface area (Å²) in [5.74, 6) is -0.606. The third kappa shape index (κ3) is 5.56. The number of carbonyl (C=O) groups is 2. The van der Waals surface area contributed by atoms with Gasteiger partial charge in [0.05, 0.1) is 17.7 Å². The van der Waals surface area contributed by atoms with E-state index in [9.17, 15) is 18.0 Å². The Balaban J connectivity index is 1.71. The number of ether oxygens (including phenoxy) is 2. The second-order valence-electron chi connectivity index (χ2n) is 10.1. The van der Waals surface area contributed by atoms with Crippen molar-refractivity contribution in [2.45, 2.75) is 57.1 Å². The maximum atomic E-state index is 13.4. The van der Waals surface area contributed by atoms with E-state index >= 15 is 0 Å². The summed E-state index contributed by atoms with van der Waals surface area (Å²) in [7, 11) is -2.65. The molecule has 1 atom stereocenters. The lowest BCUT2D eigenvalue weighted by Crippen LogP contribution is -2.47. The quantitative estimate of drug-likeness (QED) is 0.490. The van der Waals surface area contributed by atoms with E-state index < -0.39 is 27.7 Å². The molecular weight excluding hydrogens is 496 g/mol. The van der Waals surface area contributed by atoms with Crippen molar-refractivity contribution in [3.8, 4) is 0 Å². The van der Waals surface area contributed by atoms with Crippen molar-refractivity contribution in [3.63, 3.8) is 0 Å². The van der Waals surface area contributed by atoms with Gasteiger partial charge in [-0.2, -0.15) is 0 Å². The highest BCUT2D eigenvalue weighted by molar-refractivity contribution is 7.90. The standard InChI is InChI=1S/C26H32N4O6S/c1-17-8-10-19(11-9-17)37(33,34)30-14-12-20-22(21(24(31)35-5)15-27-23(20)30)28-18-7-6-13-29(16-18)25(32)36-26(2,3)4/h8-12,14-15,18H,6-7,13,16H2,1-5H3,(H,27,28). The first-order valence-corrected chi connectivity index (χ1v) is 13.5. The molecule has 3 heterocycles. The molecular formula is C26H32N4O6S. The number of hydrogen-bond acceptors (Lipinski definition) is 8. The van der Waals surface area contributed by atoms with Gasteiger partial charge < -0.3 is 19.7 Å². The van der Waals surface area contributed by atoms with Gasteiger partial charge in [-0.05, 0) is 58.7 Å². The van der Waals surface area contributed by atoms with E-state index in [1.54, 1.807) is 35.2 Å². The van der Waals surface area contributed by atoms with Crippen LogP contribution in [0.2, 0.25) is 0 Å². The number of nitrogens with one attached hydrogen (secondary N) is 1. The first-order valence-electron chi connectivity index (χ1n) is 12.1.